The summed E-state index contributed by atoms with van der Waals surface area (Å²) in [6.45, 7) is 3.77. The number of hydrogen-bond acceptors (Lipinski definition) is 5. The Hall–Kier alpha value is -2.28. The molecule has 27 heavy (non-hydrogen) atoms. The SMILES string of the molecule is C[C@H](Cc1ccc2c(c1)OC(C)(C(=O)O)O2)NC[C@H](O)c1cccc(Cl)c1. The number of nitrogens with one attached hydrogen (secondary N) is 1. The number of aliphatic hydroxyl groups excluding tert-OH is 1. The van der Waals surface area contributed by atoms with Crippen LogP contribution in [0.3, 0.4) is 0 Å². The lowest BCUT2D eigenvalue weighted by molar-refractivity contribution is -0.173. The van der Waals surface area contributed by atoms with Gasteiger partial charge in [-0.3, -0.25) is 0 Å². The Labute approximate surface area is 162 Å². The van der Waals surface area contributed by atoms with Crippen molar-refractivity contribution in [3.8, 4) is 11.5 Å². The molecule has 0 amide bonds. The predicted molar refractivity (Wildman–Crippen MR) is 101 cm³/mol. The van der Waals surface area contributed by atoms with E-state index in [1.807, 2.05) is 25.1 Å². The molecule has 2 aromatic carbocycles. The van der Waals surface area contributed by atoms with Gasteiger partial charge in [-0.25, -0.2) is 4.79 Å². The average Bonchev–Trinajstić information content (AvgIpc) is 2.96. The van der Waals surface area contributed by atoms with E-state index in [-0.39, 0.29) is 6.04 Å². The summed E-state index contributed by atoms with van der Waals surface area (Å²) in [6.07, 6.45) is 0.0297. The number of hydrogen-bond donors (Lipinski definition) is 3. The van der Waals surface area contributed by atoms with Crippen molar-refractivity contribution in [2.24, 2.45) is 0 Å². The summed E-state index contributed by atoms with van der Waals surface area (Å²) in [5.41, 5.74) is 1.74. The van der Waals surface area contributed by atoms with Crippen molar-refractivity contribution in [3.63, 3.8) is 0 Å². The highest BCUT2D eigenvalue weighted by molar-refractivity contribution is 6.30. The van der Waals surface area contributed by atoms with E-state index in [2.05, 4.69) is 5.32 Å². The second-order valence-electron chi connectivity index (χ2n) is 6.82. The van der Waals surface area contributed by atoms with E-state index in [4.69, 9.17) is 21.1 Å². The molecule has 3 rings (SSSR count). The summed E-state index contributed by atoms with van der Waals surface area (Å²) in [6, 6.07) is 12.6. The fraction of sp³-hybridized carbons (Fsp3) is 0.350. The predicted octanol–water partition coefficient (Wildman–Crippen LogP) is 3.17. The second kappa shape index (κ2) is 7.76. The zero-order valence-electron chi connectivity index (χ0n) is 15.1. The fourth-order valence-corrected chi connectivity index (χ4v) is 3.14. The number of carboxylic acids is 1. The molecule has 7 heteroatoms. The van der Waals surface area contributed by atoms with E-state index in [9.17, 15) is 15.0 Å². The monoisotopic (exact) mass is 391 g/mol. The summed E-state index contributed by atoms with van der Waals surface area (Å²) in [5, 5.41) is 23.4. The Kier molecular flexibility index (Phi) is 5.60. The van der Waals surface area contributed by atoms with Gasteiger partial charge in [0, 0.05) is 24.5 Å². The smallest absolute Gasteiger partial charge is 0.390 e. The Bertz CT molecular complexity index is 843. The van der Waals surface area contributed by atoms with Gasteiger partial charge in [0.05, 0.1) is 6.10 Å². The lowest BCUT2D eigenvalue weighted by Gasteiger charge is -2.18. The first kappa shape index (κ1) is 19.5. The molecule has 0 aromatic heterocycles. The third-order valence-corrected chi connectivity index (χ3v) is 4.68. The Morgan fingerprint density at radius 2 is 1.96 bits per heavy atom. The van der Waals surface area contributed by atoms with Gasteiger partial charge in [0.15, 0.2) is 11.5 Å². The van der Waals surface area contributed by atoms with E-state index in [1.54, 1.807) is 24.3 Å². The van der Waals surface area contributed by atoms with Gasteiger partial charge in [0.25, 0.3) is 0 Å². The topological polar surface area (TPSA) is 88.0 Å². The molecule has 0 radical (unpaired) electrons. The molecular formula is C20H22ClNO5. The van der Waals surface area contributed by atoms with E-state index in [1.165, 1.54) is 6.92 Å². The molecule has 0 spiro atoms. The summed E-state index contributed by atoms with van der Waals surface area (Å²) in [5.74, 6) is -2.03. The molecule has 1 unspecified atom stereocenters. The number of aliphatic hydroxyl groups is 1. The van der Waals surface area contributed by atoms with Crippen molar-refractivity contribution in [2.45, 2.75) is 38.2 Å². The molecule has 0 saturated heterocycles. The maximum Gasteiger partial charge on any atom is 0.390 e. The molecule has 1 aliphatic rings. The van der Waals surface area contributed by atoms with E-state index in [0.717, 1.165) is 11.1 Å². The number of fused-ring (bicyclic) bond motifs is 1. The van der Waals surface area contributed by atoms with Crippen LogP contribution in [0.1, 0.15) is 31.1 Å². The number of carboxylic acid groups (broad SMARTS) is 1. The van der Waals surface area contributed by atoms with E-state index < -0.39 is 17.9 Å². The summed E-state index contributed by atoms with van der Waals surface area (Å²) < 4.78 is 10.8. The van der Waals surface area contributed by atoms with Gasteiger partial charge >= 0.3 is 11.8 Å². The molecule has 3 N–H and O–H groups in total. The van der Waals surface area contributed by atoms with Crippen LogP contribution >= 0.6 is 11.6 Å². The van der Waals surface area contributed by atoms with Gasteiger partial charge in [0.1, 0.15) is 0 Å². The van der Waals surface area contributed by atoms with Crippen molar-refractivity contribution in [1.82, 2.24) is 5.32 Å². The fourth-order valence-electron chi connectivity index (χ4n) is 2.94. The maximum absolute atomic E-state index is 11.2. The van der Waals surface area contributed by atoms with Gasteiger partial charge in [-0.15, -0.1) is 0 Å². The first-order chi connectivity index (χ1) is 12.8. The molecule has 0 saturated carbocycles. The number of benzene rings is 2. The van der Waals surface area contributed by atoms with Gasteiger partial charge < -0.3 is 25.0 Å². The number of rotatable bonds is 7. The number of halogens is 1. The van der Waals surface area contributed by atoms with Gasteiger partial charge in [-0.2, -0.15) is 0 Å². The molecule has 1 aliphatic heterocycles. The minimum atomic E-state index is -1.69. The summed E-state index contributed by atoms with van der Waals surface area (Å²) >= 11 is 5.95. The van der Waals surface area contributed by atoms with Crippen molar-refractivity contribution in [3.05, 3.63) is 58.6 Å². The third kappa shape index (κ3) is 4.53. The summed E-state index contributed by atoms with van der Waals surface area (Å²) in [7, 11) is 0. The molecule has 6 nitrogen and oxygen atoms in total. The molecule has 144 valence electrons. The minimum absolute atomic E-state index is 0.0880. The first-order valence-electron chi connectivity index (χ1n) is 8.68. The van der Waals surface area contributed by atoms with Crippen LogP contribution in [0.2, 0.25) is 5.02 Å². The Morgan fingerprint density at radius 1 is 1.22 bits per heavy atom. The molecule has 0 fully saturated rings. The zero-order valence-corrected chi connectivity index (χ0v) is 15.9. The highest BCUT2D eigenvalue weighted by atomic mass is 35.5. The number of carbonyl (C=O) groups is 1. The van der Waals surface area contributed by atoms with E-state index >= 15 is 0 Å². The van der Waals surface area contributed by atoms with Crippen LogP contribution < -0.4 is 14.8 Å². The van der Waals surface area contributed by atoms with Crippen molar-refractivity contribution in [1.29, 1.82) is 0 Å². The second-order valence-corrected chi connectivity index (χ2v) is 7.26. The minimum Gasteiger partial charge on any atom is -0.475 e. The van der Waals surface area contributed by atoms with Crippen LogP contribution in [0.15, 0.2) is 42.5 Å². The Morgan fingerprint density at radius 3 is 2.67 bits per heavy atom. The zero-order chi connectivity index (χ0) is 19.6. The highest BCUT2D eigenvalue weighted by Crippen LogP contribution is 2.40. The van der Waals surface area contributed by atoms with Crippen LogP contribution in [-0.4, -0.2) is 34.6 Å². The highest BCUT2D eigenvalue weighted by Gasteiger charge is 2.44. The summed E-state index contributed by atoms with van der Waals surface area (Å²) in [4.78, 5) is 11.2. The van der Waals surface area contributed by atoms with Crippen molar-refractivity contribution >= 4 is 17.6 Å². The Balaban J connectivity index is 1.56. The molecule has 0 bridgehead atoms. The molecule has 3 atom stereocenters. The van der Waals surface area contributed by atoms with Gasteiger partial charge in [0.2, 0.25) is 0 Å². The van der Waals surface area contributed by atoms with Crippen LogP contribution in [0.5, 0.6) is 11.5 Å². The van der Waals surface area contributed by atoms with Crippen LogP contribution in [0.25, 0.3) is 0 Å². The maximum atomic E-state index is 11.2. The molecule has 1 heterocycles. The van der Waals surface area contributed by atoms with Crippen LogP contribution in [0, 0.1) is 0 Å². The molecule has 0 aliphatic carbocycles. The first-order valence-corrected chi connectivity index (χ1v) is 9.06. The van der Waals surface area contributed by atoms with Crippen LogP contribution in [0.4, 0.5) is 0 Å². The van der Waals surface area contributed by atoms with Gasteiger partial charge in [-0.1, -0.05) is 29.8 Å². The average molecular weight is 392 g/mol. The third-order valence-electron chi connectivity index (χ3n) is 4.44. The number of ether oxygens (including phenoxy) is 2. The lowest BCUT2D eigenvalue weighted by Crippen LogP contribution is -2.43. The van der Waals surface area contributed by atoms with Crippen molar-refractivity contribution < 1.29 is 24.5 Å². The lowest BCUT2D eigenvalue weighted by atomic mass is 10.1. The number of aliphatic carboxylic acids is 1. The molecule has 2 aromatic rings. The molecular weight excluding hydrogens is 370 g/mol. The van der Waals surface area contributed by atoms with Crippen molar-refractivity contribution in [2.75, 3.05) is 6.54 Å². The quantitative estimate of drug-likeness (QED) is 0.672. The standard InChI is InChI=1S/C20H22ClNO5/c1-12(22-11-16(23)14-4-3-5-15(21)10-14)8-13-6-7-17-18(9-13)27-20(2,26-17)19(24)25/h3-7,9-10,12,16,22-23H,8,11H2,1-2H3,(H,24,25)/t12-,16+,20?/m1/s1. The largest absolute Gasteiger partial charge is 0.475 e. The normalized spacial score (nSPS) is 20.3. The van der Waals surface area contributed by atoms with Crippen LogP contribution in [-0.2, 0) is 11.2 Å². The van der Waals surface area contributed by atoms with Gasteiger partial charge in [-0.05, 0) is 48.7 Å². The van der Waals surface area contributed by atoms with E-state index in [0.29, 0.717) is 29.5 Å².